The molecular weight excluding hydrogens is 202 g/mol. The van der Waals surface area contributed by atoms with E-state index in [0.717, 1.165) is 18.0 Å². The van der Waals surface area contributed by atoms with E-state index >= 15 is 0 Å². The van der Waals surface area contributed by atoms with Crippen LogP contribution in [0.5, 0.6) is 0 Å². The molecule has 1 N–H and O–H groups in total. The molecule has 1 aliphatic carbocycles. The molecule has 0 atom stereocenters. The maximum Gasteiger partial charge on any atom is 0.163 e. The van der Waals surface area contributed by atoms with Crippen molar-refractivity contribution < 1.29 is 0 Å². The third kappa shape index (κ3) is 1.78. The van der Waals surface area contributed by atoms with Crippen molar-refractivity contribution >= 4 is 5.65 Å². The van der Waals surface area contributed by atoms with Gasteiger partial charge in [0.05, 0.1) is 6.54 Å². The van der Waals surface area contributed by atoms with E-state index < -0.39 is 0 Å². The van der Waals surface area contributed by atoms with Gasteiger partial charge in [0.15, 0.2) is 11.5 Å². The first-order valence-corrected chi connectivity index (χ1v) is 5.80. The fourth-order valence-corrected chi connectivity index (χ4v) is 2.28. The second kappa shape index (κ2) is 4.17. The van der Waals surface area contributed by atoms with Crippen molar-refractivity contribution in [3.8, 4) is 0 Å². The lowest BCUT2D eigenvalue weighted by molar-refractivity contribution is 0.511. The van der Waals surface area contributed by atoms with Crippen LogP contribution in [0, 0.1) is 0 Å². The maximum absolute atomic E-state index is 4.17. The van der Waals surface area contributed by atoms with Crippen LogP contribution < -0.4 is 5.32 Å². The minimum Gasteiger partial charge on any atom is -0.307 e. The topological polar surface area (TPSA) is 55.1 Å². The van der Waals surface area contributed by atoms with Gasteiger partial charge in [-0.3, -0.25) is 4.40 Å². The fraction of sp³-hybridized carbons (Fsp3) is 0.545. The molecule has 0 amide bonds. The summed E-state index contributed by atoms with van der Waals surface area (Å²) in [5.74, 6) is 0.940. The monoisotopic (exact) mass is 217 g/mol. The van der Waals surface area contributed by atoms with Crippen molar-refractivity contribution in [3.63, 3.8) is 0 Å². The molecule has 3 rings (SSSR count). The van der Waals surface area contributed by atoms with Gasteiger partial charge in [-0.25, -0.2) is 4.98 Å². The molecule has 0 aromatic carbocycles. The Morgan fingerprint density at radius 2 is 2.19 bits per heavy atom. The molecule has 0 unspecified atom stereocenters. The summed E-state index contributed by atoms with van der Waals surface area (Å²) in [6.07, 6.45) is 8.77. The molecule has 1 aliphatic rings. The number of fused-ring (bicyclic) bond motifs is 1. The summed E-state index contributed by atoms with van der Waals surface area (Å²) in [6, 6.07) is 2.52. The fourth-order valence-electron chi connectivity index (χ4n) is 2.28. The van der Waals surface area contributed by atoms with Crippen LogP contribution in [0.3, 0.4) is 0 Å². The van der Waals surface area contributed by atoms with E-state index in [1.54, 1.807) is 12.5 Å². The molecule has 0 radical (unpaired) electrons. The summed E-state index contributed by atoms with van der Waals surface area (Å²) in [5, 5.41) is 11.8. The quantitative estimate of drug-likeness (QED) is 0.838. The molecule has 16 heavy (non-hydrogen) atoms. The predicted octanol–water partition coefficient (Wildman–Crippen LogP) is 1.16. The van der Waals surface area contributed by atoms with Crippen LogP contribution >= 0.6 is 0 Å². The molecular formula is C11H15N5. The zero-order valence-corrected chi connectivity index (χ0v) is 9.13. The third-order valence-corrected chi connectivity index (χ3v) is 3.19. The third-order valence-electron chi connectivity index (χ3n) is 3.19. The van der Waals surface area contributed by atoms with E-state index in [9.17, 15) is 0 Å². The van der Waals surface area contributed by atoms with Gasteiger partial charge in [0.25, 0.3) is 0 Å². The molecule has 5 nitrogen and oxygen atoms in total. The predicted molar refractivity (Wildman–Crippen MR) is 59.9 cm³/mol. The summed E-state index contributed by atoms with van der Waals surface area (Å²) >= 11 is 0. The standard InChI is InChI=1S/C11H15N5/c1-2-4-9(3-1)13-7-11-15-14-10-5-6-12-8-16(10)11/h5-6,8-9,13H,1-4,7H2. The van der Waals surface area contributed by atoms with Gasteiger partial charge in [-0.05, 0) is 12.8 Å². The number of hydrogen-bond donors (Lipinski definition) is 1. The first-order valence-electron chi connectivity index (χ1n) is 5.80. The molecule has 0 aliphatic heterocycles. The van der Waals surface area contributed by atoms with Gasteiger partial charge in [0.2, 0.25) is 0 Å². The van der Waals surface area contributed by atoms with Gasteiger partial charge in [0.1, 0.15) is 6.33 Å². The minimum atomic E-state index is 0.657. The number of nitrogens with zero attached hydrogens (tertiary/aromatic N) is 4. The summed E-state index contributed by atoms with van der Waals surface area (Å²) in [4.78, 5) is 4.08. The minimum absolute atomic E-state index is 0.657. The van der Waals surface area contributed by atoms with Crippen LogP contribution in [0.2, 0.25) is 0 Å². The summed E-state index contributed by atoms with van der Waals surface area (Å²) in [6.45, 7) is 0.775. The number of aromatic nitrogens is 4. The molecule has 2 aromatic heterocycles. The normalized spacial score (nSPS) is 17.2. The Morgan fingerprint density at radius 1 is 1.31 bits per heavy atom. The summed E-state index contributed by atoms with van der Waals surface area (Å²) in [5.41, 5.74) is 0.859. The number of nitrogens with one attached hydrogen (secondary N) is 1. The lowest BCUT2D eigenvalue weighted by Gasteiger charge is -2.09. The van der Waals surface area contributed by atoms with Crippen LogP contribution in [-0.2, 0) is 6.54 Å². The van der Waals surface area contributed by atoms with Crippen molar-refractivity contribution in [2.75, 3.05) is 0 Å². The second-order valence-corrected chi connectivity index (χ2v) is 4.29. The van der Waals surface area contributed by atoms with Crippen LogP contribution in [0.25, 0.3) is 5.65 Å². The van der Waals surface area contributed by atoms with Crippen LogP contribution in [0.15, 0.2) is 18.6 Å². The number of hydrogen-bond acceptors (Lipinski definition) is 4. The molecule has 0 spiro atoms. The largest absolute Gasteiger partial charge is 0.307 e. The Morgan fingerprint density at radius 3 is 3.06 bits per heavy atom. The SMILES string of the molecule is c1cc2nnc(CNC3CCCC3)n2cn1. The lowest BCUT2D eigenvalue weighted by Crippen LogP contribution is -2.26. The van der Waals surface area contributed by atoms with Crippen molar-refractivity contribution in [1.29, 1.82) is 0 Å². The Hall–Kier alpha value is -1.49. The van der Waals surface area contributed by atoms with Gasteiger partial charge in [0, 0.05) is 18.3 Å². The van der Waals surface area contributed by atoms with E-state index in [-0.39, 0.29) is 0 Å². The van der Waals surface area contributed by atoms with Crippen molar-refractivity contribution in [3.05, 3.63) is 24.4 Å². The highest BCUT2D eigenvalue weighted by Gasteiger charge is 2.15. The zero-order valence-electron chi connectivity index (χ0n) is 9.13. The first kappa shape index (κ1) is 9.72. The molecule has 84 valence electrons. The highest BCUT2D eigenvalue weighted by molar-refractivity contribution is 5.35. The Bertz CT molecular complexity index is 472. The van der Waals surface area contributed by atoms with E-state index in [2.05, 4.69) is 20.5 Å². The highest BCUT2D eigenvalue weighted by atomic mass is 15.3. The average molecular weight is 217 g/mol. The van der Waals surface area contributed by atoms with Gasteiger partial charge in [-0.2, -0.15) is 0 Å². The number of rotatable bonds is 3. The van der Waals surface area contributed by atoms with Crippen molar-refractivity contribution in [2.45, 2.75) is 38.3 Å². The van der Waals surface area contributed by atoms with Gasteiger partial charge in [-0.15, -0.1) is 10.2 Å². The Balaban J connectivity index is 1.73. The van der Waals surface area contributed by atoms with Crippen LogP contribution in [0.1, 0.15) is 31.5 Å². The molecule has 5 heteroatoms. The van der Waals surface area contributed by atoms with E-state index in [4.69, 9.17) is 0 Å². The molecule has 1 saturated carbocycles. The van der Waals surface area contributed by atoms with Crippen LogP contribution in [-0.4, -0.2) is 25.6 Å². The summed E-state index contributed by atoms with van der Waals surface area (Å²) < 4.78 is 1.93. The average Bonchev–Trinajstić information content (AvgIpc) is 2.96. The summed E-state index contributed by atoms with van der Waals surface area (Å²) in [7, 11) is 0. The smallest absolute Gasteiger partial charge is 0.163 e. The molecule has 1 fully saturated rings. The maximum atomic E-state index is 4.17. The molecule has 2 heterocycles. The first-order chi connectivity index (χ1) is 7.93. The zero-order chi connectivity index (χ0) is 10.8. The van der Waals surface area contributed by atoms with E-state index in [1.807, 2.05) is 10.5 Å². The van der Waals surface area contributed by atoms with E-state index in [0.29, 0.717) is 6.04 Å². The molecule has 0 bridgehead atoms. The van der Waals surface area contributed by atoms with Crippen LogP contribution in [0.4, 0.5) is 0 Å². The van der Waals surface area contributed by atoms with Crippen molar-refractivity contribution in [2.24, 2.45) is 0 Å². The molecule has 2 aromatic rings. The Labute approximate surface area is 93.9 Å². The second-order valence-electron chi connectivity index (χ2n) is 4.29. The van der Waals surface area contributed by atoms with Gasteiger partial charge >= 0.3 is 0 Å². The Kier molecular flexibility index (Phi) is 2.53. The van der Waals surface area contributed by atoms with E-state index in [1.165, 1.54) is 25.7 Å². The van der Waals surface area contributed by atoms with Gasteiger partial charge in [-0.1, -0.05) is 12.8 Å². The highest BCUT2D eigenvalue weighted by Crippen LogP contribution is 2.17. The van der Waals surface area contributed by atoms with Crippen molar-refractivity contribution in [1.82, 2.24) is 24.9 Å². The lowest BCUT2D eigenvalue weighted by atomic mass is 10.2. The van der Waals surface area contributed by atoms with Gasteiger partial charge < -0.3 is 5.32 Å². The molecule has 0 saturated heterocycles.